The molecule has 2 fully saturated rings. The van der Waals surface area contributed by atoms with Crippen molar-refractivity contribution in [2.45, 2.75) is 31.3 Å². The van der Waals surface area contributed by atoms with Crippen LogP contribution in [0, 0.1) is 11.7 Å². The Hall–Kier alpha value is -3.62. The van der Waals surface area contributed by atoms with Crippen molar-refractivity contribution >= 4 is 17.7 Å². The van der Waals surface area contributed by atoms with Crippen molar-refractivity contribution in [3.05, 3.63) is 60.8 Å². The zero-order chi connectivity index (χ0) is 22.0. The second-order valence-electron chi connectivity index (χ2n) is 8.34. The van der Waals surface area contributed by atoms with E-state index in [0.717, 1.165) is 43.6 Å². The van der Waals surface area contributed by atoms with Gasteiger partial charge in [0, 0.05) is 24.5 Å². The molecule has 3 aromatic rings. The monoisotopic (exact) mass is 434 g/mol. The standard InChI is InChI=1S/C23H23FN6O2/c24-18-4-5-19(25-14-18)17-3-6-20(27-13-17)26-12-16-7-9-23(10-8-16)15-30(22(31)32-23)21-2-1-11-28-29-21/h1-6,11,13-14,16H,7-10,12,15H2,(H,26,27)/t16-,23-. The van der Waals surface area contributed by atoms with Crippen LogP contribution in [0.15, 0.2) is 55.0 Å². The molecule has 1 saturated carbocycles. The van der Waals surface area contributed by atoms with Crippen LogP contribution in [0.25, 0.3) is 11.3 Å². The van der Waals surface area contributed by atoms with Crippen molar-refractivity contribution in [2.75, 3.05) is 23.3 Å². The second-order valence-corrected chi connectivity index (χ2v) is 8.34. The number of aromatic nitrogens is 4. The largest absolute Gasteiger partial charge is 0.441 e. The zero-order valence-electron chi connectivity index (χ0n) is 17.4. The molecule has 4 heterocycles. The van der Waals surface area contributed by atoms with Gasteiger partial charge in [0.15, 0.2) is 5.82 Å². The summed E-state index contributed by atoms with van der Waals surface area (Å²) in [7, 11) is 0. The second kappa shape index (κ2) is 8.49. The number of anilines is 2. The maximum absolute atomic E-state index is 13.0. The maximum Gasteiger partial charge on any atom is 0.416 e. The molecular formula is C23H23FN6O2. The van der Waals surface area contributed by atoms with Gasteiger partial charge in [0.1, 0.15) is 17.2 Å². The fourth-order valence-corrected chi connectivity index (χ4v) is 4.35. The Labute approximate surface area is 184 Å². The van der Waals surface area contributed by atoms with Gasteiger partial charge < -0.3 is 10.1 Å². The summed E-state index contributed by atoms with van der Waals surface area (Å²) in [5, 5.41) is 11.3. The number of hydrogen-bond donors (Lipinski definition) is 1. The first-order valence-electron chi connectivity index (χ1n) is 10.7. The fourth-order valence-electron chi connectivity index (χ4n) is 4.35. The summed E-state index contributed by atoms with van der Waals surface area (Å²) < 4.78 is 18.8. The summed E-state index contributed by atoms with van der Waals surface area (Å²) in [6, 6.07) is 10.4. The van der Waals surface area contributed by atoms with Crippen molar-refractivity contribution in [3.8, 4) is 11.3 Å². The molecule has 8 nitrogen and oxygen atoms in total. The van der Waals surface area contributed by atoms with E-state index in [1.165, 1.54) is 12.3 Å². The molecule has 1 amide bonds. The lowest BCUT2D eigenvalue weighted by Crippen LogP contribution is -2.39. The van der Waals surface area contributed by atoms with Gasteiger partial charge in [-0.2, -0.15) is 5.10 Å². The van der Waals surface area contributed by atoms with Gasteiger partial charge in [0.05, 0.1) is 18.4 Å². The number of pyridine rings is 2. The number of carbonyl (C=O) groups excluding carboxylic acids is 1. The third kappa shape index (κ3) is 4.23. The highest BCUT2D eigenvalue weighted by Gasteiger charge is 2.48. The van der Waals surface area contributed by atoms with Gasteiger partial charge in [0.2, 0.25) is 0 Å². The minimum absolute atomic E-state index is 0.345. The van der Waals surface area contributed by atoms with Gasteiger partial charge in [-0.1, -0.05) is 0 Å². The van der Waals surface area contributed by atoms with Crippen LogP contribution < -0.4 is 10.2 Å². The Morgan fingerprint density at radius 3 is 2.69 bits per heavy atom. The van der Waals surface area contributed by atoms with Gasteiger partial charge in [-0.15, -0.1) is 5.10 Å². The Bertz CT molecular complexity index is 1070. The van der Waals surface area contributed by atoms with Crippen LogP contribution in [0.2, 0.25) is 0 Å². The van der Waals surface area contributed by atoms with Crippen LogP contribution in [0.4, 0.5) is 20.8 Å². The van der Waals surface area contributed by atoms with Crippen LogP contribution in [-0.4, -0.2) is 44.9 Å². The van der Waals surface area contributed by atoms with E-state index >= 15 is 0 Å². The van der Waals surface area contributed by atoms with Crippen LogP contribution in [0.5, 0.6) is 0 Å². The lowest BCUT2D eigenvalue weighted by molar-refractivity contribution is 0.0148. The summed E-state index contributed by atoms with van der Waals surface area (Å²) in [4.78, 5) is 22.5. The number of amides is 1. The molecule has 2 aliphatic rings. The van der Waals surface area contributed by atoms with E-state index in [1.807, 2.05) is 12.1 Å². The topological polar surface area (TPSA) is 93.1 Å². The molecule has 1 aliphatic heterocycles. The van der Waals surface area contributed by atoms with E-state index in [1.54, 1.807) is 35.5 Å². The van der Waals surface area contributed by atoms with E-state index < -0.39 is 5.60 Å². The van der Waals surface area contributed by atoms with Crippen molar-refractivity contribution in [1.82, 2.24) is 20.2 Å². The average Bonchev–Trinajstić information content (AvgIpc) is 3.16. The number of nitrogens with zero attached hydrogens (tertiary/aromatic N) is 5. The molecule has 1 spiro atoms. The van der Waals surface area contributed by atoms with Gasteiger partial charge in [-0.25, -0.2) is 14.2 Å². The van der Waals surface area contributed by atoms with Crippen LogP contribution in [0.1, 0.15) is 25.7 Å². The van der Waals surface area contributed by atoms with E-state index in [4.69, 9.17) is 4.74 Å². The summed E-state index contributed by atoms with van der Waals surface area (Å²) in [6.45, 7) is 1.32. The van der Waals surface area contributed by atoms with Crippen LogP contribution in [-0.2, 0) is 4.74 Å². The highest BCUT2D eigenvalue weighted by Crippen LogP contribution is 2.40. The average molecular weight is 434 g/mol. The molecule has 0 atom stereocenters. The number of hydrogen-bond acceptors (Lipinski definition) is 7. The predicted molar refractivity (Wildman–Crippen MR) is 116 cm³/mol. The lowest BCUT2D eigenvalue weighted by atomic mass is 9.78. The molecule has 9 heteroatoms. The first-order chi connectivity index (χ1) is 15.6. The molecule has 164 valence electrons. The summed E-state index contributed by atoms with van der Waals surface area (Å²) >= 11 is 0. The Morgan fingerprint density at radius 2 is 2.00 bits per heavy atom. The molecule has 5 rings (SSSR count). The first-order valence-corrected chi connectivity index (χ1v) is 10.7. The summed E-state index contributed by atoms with van der Waals surface area (Å²) in [6.07, 6.45) is 7.75. The number of carbonyl (C=O) groups is 1. The predicted octanol–water partition coefficient (Wildman–Crippen LogP) is 4.07. The van der Waals surface area contributed by atoms with E-state index in [-0.39, 0.29) is 11.9 Å². The van der Waals surface area contributed by atoms with Crippen LogP contribution >= 0.6 is 0 Å². The number of nitrogens with one attached hydrogen (secondary N) is 1. The molecule has 0 bridgehead atoms. The molecule has 0 unspecified atom stereocenters. The molecule has 1 saturated heterocycles. The summed E-state index contributed by atoms with van der Waals surface area (Å²) in [5.74, 6) is 1.44. The quantitative estimate of drug-likeness (QED) is 0.647. The SMILES string of the molecule is O=C1O[C@]2(CC[C@H](CNc3ccc(-c4ccc(F)cn4)cn3)CC2)CN1c1cccnn1. The summed E-state index contributed by atoms with van der Waals surface area (Å²) in [5.41, 5.74) is 1.09. The molecule has 32 heavy (non-hydrogen) atoms. The third-order valence-corrected chi connectivity index (χ3v) is 6.18. The minimum Gasteiger partial charge on any atom is -0.441 e. The number of rotatable bonds is 5. The smallest absolute Gasteiger partial charge is 0.416 e. The molecule has 3 aromatic heterocycles. The highest BCUT2D eigenvalue weighted by molar-refractivity contribution is 5.89. The molecule has 1 N–H and O–H groups in total. The van der Waals surface area contributed by atoms with Gasteiger partial charge in [-0.3, -0.25) is 9.88 Å². The lowest BCUT2D eigenvalue weighted by Gasteiger charge is -2.35. The zero-order valence-corrected chi connectivity index (χ0v) is 17.4. The number of halogens is 1. The van der Waals surface area contributed by atoms with Crippen molar-refractivity contribution in [1.29, 1.82) is 0 Å². The van der Waals surface area contributed by atoms with Crippen molar-refractivity contribution in [3.63, 3.8) is 0 Å². The molecular weight excluding hydrogens is 411 g/mol. The van der Waals surface area contributed by atoms with Crippen molar-refractivity contribution in [2.24, 2.45) is 5.92 Å². The Kier molecular flexibility index (Phi) is 5.38. The Morgan fingerprint density at radius 1 is 1.12 bits per heavy atom. The van der Waals surface area contributed by atoms with E-state index in [0.29, 0.717) is 24.0 Å². The normalized spacial score (nSPS) is 22.7. The first kappa shape index (κ1) is 20.3. The van der Waals surface area contributed by atoms with Gasteiger partial charge in [0.25, 0.3) is 0 Å². The Balaban J connectivity index is 1.13. The van der Waals surface area contributed by atoms with Gasteiger partial charge >= 0.3 is 6.09 Å². The molecule has 1 aliphatic carbocycles. The van der Waals surface area contributed by atoms with Gasteiger partial charge in [-0.05, 0) is 68.0 Å². The van der Waals surface area contributed by atoms with Crippen molar-refractivity contribution < 1.29 is 13.9 Å². The fraction of sp³-hybridized carbons (Fsp3) is 0.348. The minimum atomic E-state index is -0.437. The highest BCUT2D eigenvalue weighted by atomic mass is 19.1. The maximum atomic E-state index is 13.0. The third-order valence-electron chi connectivity index (χ3n) is 6.18. The van der Waals surface area contributed by atoms with Crippen LogP contribution in [0.3, 0.4) is 0 Å². The molecule has 0 aromatic carbocycles. The molecule has 0 radical (unpaired) electrons. The van der Waals surface area contributed by atoms with E-state index in [2.05, 4.69) is 25.5 Å². The van der Waals surface area contributed by atoms with E-state index in [9.17, 15) is 9.18 Å². The number of ether oxygens (including phenoxy) is 1.